The zero-order valence-corrected chi connectivity index (χ0v) is 11.7. The average molecular weight is 258 g/mol. The molecule has 0 aliphatic heterocycles. The molecular weight excluding hydrogens is 236 g/mol. The highest BCUT2D eigenvalue weighted by molar-refractivity contribution is 5.13. The van der Waals surface area contributed by atoms with Crippen LogP contribution in [0.1, 0.15) is 31.1 Å². The standard InChI is InChI=1S/C16H22N2O/c1-3-17-14(2)16-10-7-11-18(16)13-19-12-15-8-5-4-6-9-15/h4-11,14,17H,3,12-13H2,1-2H3. The highest BCUT2D eigenvalue weighted by Crippen LogP contribution is 2.13. The van der Waals surface area contributed by atoms with Crippen molar-refractivity contribution < 1.29 is 4.74 Å². The van der Waals surface area contributed by atoms with Crippen LogP contribution in [0.3, 0.4) is 0 Å². The first kappa shape index (κ1) is 13.8. The fraction of sp³-hybridized carbons (Fsp3) is 0.375. The van der Waals surface area contributed by atoms with Gasteiger partial charge in [-0.1, -0.05) is 37.3 Å². The smallest absolute Gasteiger partial charge is 0.123 e. The lowest BCUT2D eigenvalue weighted by Crippen LogP contribution is -2.21. The third-order valence-corrected chi connectivity index (χ3v) is 3.16. The van der Waals surface area contributed by atoms with Crippen LogP contribution in [0.2, 0.25) is 0 Å². The van der Waals surface area contributed by atoms with E-state index in [1.54, 1.807) is 0 Å². The van der Waals surface area contributed by atoms with Crippen molar-refractivity contribution in [2.45, 2.75) is 33.2 Å². The summed E-state index contributed by atoms with van der Waals surface area (Å²) >= 11 is 0. The first-order valence-corrected chi connectivity index (χ1v) is 6.81. The van der Waals surface area contributed by atoms with Crippen LogP contribution >= 0.6 is 0 Å². The van der Waals surface area contributed by atoms with Gasteiger partial charge in [0.05, 0.1) is 6.61 Å². The molecule has 2 rings (SSSR count). The van der Waals surface area contributed by atoms with E-state index in [2.05, 4.69) is 54.2 Å². The summed E-state index contributed by atoms with van der Waals surface area (Å²) in [7, 11) is 0. The molecule has 0 radical (unpaired) electrons. The van der Waals surface area contributed by atoms with Gasteiger partial charge in [0.2, 0.25) is 0 Å². The van der Waals surface area contributed by atoms with E-state index in [-0.39, 0.29) is 0 Å². The molecule has 0 aliphatic rings. The molecule has 1 aromatic heterocycles. The number of rotatable bonds is 7. The second-order valence-electron chi connectivity index (χ2n) is 4.65. The zero-order valence-electron chi connectivity index (χ0n) is 11.7. The van der Waals surface area contributed by atoms with E-state index in [0.29, 0.717) is 19.4 Å². The van der Waals surface area contributed by atoms with Gasteiger partial charge in [0.25, 0.3) is 0 Å². The largest absolute Gasteiger partial charge is 0.356 e. The van der Waals surface area contributed by atoms with E-state index in [1.165, 1.54) is 11.3 Å². The summed E-state index contributed by atoms with van der Waals surface area (Å²) in [6.07, 6.45) is 2.06. The summed E-state index contributed by atoms with van der Waals surface area (Å²) in [5.74, 6) is 0. The van der Waals surface area contributed by atoms with Crippen LogP contribution in [0.4, 0.5) is 0 Å². The minimum absolute atomic E-state index is 0.348. The summed E-state index contributed by atoms with van der Waals surface area (Å²) in [6, 6.07) is 14.8. The van der Waals surface area contributed by atoms with Crippen LogP contribution in [0.25, 0.3) is 0 Å². The van der Waals surface area contributed by atoms with Crippen molar-refractivity contribution in [3.63, 3.8) is 0 Å². The summed E-state index contributed by atoms with van der Waals surface area (Å²) in [5, 5.41) is 3.42. The number of hydrogen-bond acceptors (Lipinski definition) is 2. The highest BCUT2D eigenvalue weighted by atomic mass is 16.5. The van der Waals surface area contributed by atoms with Crippen molar-refractivity contribution in [1.82, 2.24) is 9.88 Å². The molecule has 1 heterocycles. The van der Waals surface area contributed by atoms with Crippen molar-refractivity contribution in [2.24, 2.45) is 0 Å². The normalized spacial score (nSPS) is 12.5. The van der Waals surface area contributed by atoms with Crippen molar-refractivity contribution in [1.29, 1.82) is 0 Å². The lowest BCUT2D eigenvalue weighted by atomic mass is 10.2. The van der Waals surface area contributed by atoms with E-state index in [4.69, 9.17) is 4.74 Å². The Morgan fingerprint density at radius 1 is 1.16 bits per heavy atom. The van der Waals surface area contributed by atoms with E-state index < -0.39 is 0 Å². The monoisotopic (exact) mass is 258 g/mol. The number of benzene rings is 1. The second kappa shape index (κ2) is 7.12. The van der Waals surface area contributed by atoms with E-state index in [9.17, 15) is 0 Å². The van der Waals surface area contributed by atoms with Gasteiger partial charge in [-0.3, -0.25) is 0 Å². The van der Waals surface area contributed by atoms with Gasteiger partial charge in [0.1, 0.15) is 6.73 Å². The van der Waals surface area contributed by atoms with Crippen LogP contribution in [0.15, 0.2) is 48.7 Å². The number of nitrogens with zero attached hydrogens (tertiary/aromatic N) is 1. The fourth-order valence-electron chi connectivity index (χ4n) is 2.18. The minimum Gasteiger partial charge on any atom is -0.356 e. The summed E-state index contributed by atoms with van der Waals surface area (Å²) < 4.78 is 7.92. The molecule has 0 spiro atoms. The van der Waals surface area contributed by atoms with Crippen LogP contribution in [0.5, 0.6) is 0 Å². The quantitative estimate of drug-likeness (QED) is 0.824. The predicted octanol–water partition coefficient (Wildman–Crippen LogP) is 3.33. The van der Waals surface area contributed by atoms with Gasteiger partial charge < -0.3 is 14.6 Å². The molecule has 1 N–H and O–H groups in total. The average Bonchev–Trinajstić information content (AvgIpc) is 2.89. The molecule has 1 aromatic carbocycles. The lowest BCUT2D eigenvalue weighted by Gasteiger charge is -2.16. The number of aromatic nitrogens is 1. The van der Waals surface area contributed by atoms with Gasteiger partial charge in [-0.2, -0.15) is 0 Å². The molecule has 3 nitrogen and oxygen atoms in total. The number of ether oxygens (including phenoxy) is 1. The van der Waals surface area contributed by atoms with Crippen molar-refractivity contribution in [3.8, 4) is 0 Å². The molecule has 0 amide bonds. The Labute approximate surface area is 115 Å². The minimum atomic E-state index is 0.348. The Morgan fingerprint density at radius 2 is 1.95 bits per heavy atom. The molecule has 0 fully saturated rings. The maximum atomic E-state index is 5.77. The Kier molecular flexibility index (Phi) is 5.19. The van der Waals surface area contributed by atoms with Crippen molar-refractivity contribution in [2.75, 3.05) is 6.54 Å². The molecule has 0 saturated carbocycles. The van der Waals surface area contributed by atoms with Crippen molar-refractivity contribution in [3.05, 3.63) is 59.9 Å². The Balaban J connectivity index is 1.88. The molecule has 3 heteroatoms. The molecule has 0 bridgehead atoms. The van der Waals surface area contributed by atoms with Crippen LogP contribution in [-0.4, -0.2) is 11.1 Å². The molecule has 0 saturated heterocycles. The van der Waals surface area contributed by atoms with Crippen LogP contribution < -0.4 is 5.32 Å². The Hall–Kier alpha value is -1.58. The number of hydrogen-bond donors (Lipinski definition) is 1. The Bertz CT molecular complexity index is 479. The summed E-state index contributed by atoms with van der Waals surface area (Å²) in [4.78, 5) is 0. The Morgan fingerprint density at radius 3 is 2.68 bits per heavy atom. The van der Waals surface area contributed by atoms with Gasteiger partial charge in [-0.15, -0.1) is 0 Å². The first-order valence-electron chi connectivity index (χ1n) is 6.81. The highest BCUT2D eigenvalue weighted by Gasteiger charge is 2.08. The maximum absolute atomic E-state index is 5.77. The molecule has 1 unspecified atom stereocenters. The summed E-state index contributed by atoms with van der Waals surface area (Å²) in [5.41, 5.74) is 2.46. The van der Waals surface area contributed by atoms with Crippen LogP contribution in [-0.2, 0) is 18.1 Å². The molecular formula is C16H22N2O. The van der Waals surface area contributed by atoms with Gasteiger partial charge in [-0.05, 0) is 31.2 Å². The van der Waals surface area contributed by atoms with Crippen LogP contribution in [0, 0.1) is 0 Å². The maximum Gasteiger partial charge on any atom is 0.123 e. The van der Waals surface area contributed by atoms with Crippen molar-refractivity contribution >= 4 is 0 Å². The van der Waals surface area contributed by atoms with E-state index in [0.717, 1.165) is 6.54 Å². The molecule has 1 atom stereocenters. The molecule has 102 valence electrons. The van der Waals surface area contributed by atoms with Gasteiger partial charge in [0.15, 0.2) is 0 Å². The number of nitrogens with one attached hydrogen (secondary N) is 1. The third kappa shape index (κ3) is 3.94. The van der Waals surface area contributed by atoms with E-state index in [1.807, 2.05) is 18.2 Å². The molecule has 2 aromatic rings. The van der Waals surface area contributed by atoms with Gasteiger partial charge in [-0.25, -0.2) is 0 Å². The van der Waals surface area contributed by atoms with Gasteiger partial charge in [0, 0.05) is 17.9 Å². The summed E-state index contributed by atoms with van der Waals surface area (Å²) in [6.45, 7) is 6.50. The predicted molar refractivity (Wildman–Crippen MR) is 77.8 cm³/mol. The van der Waals surface area contributed by atoms with E-state index >= 15 is 0 Å². The van der Waals surface area contributed by atoms with Gasteiger partial charge >= 0.3 is 0 Å². The topological polar surface area (TPSA) is 26.2 Å². The zero-order chi connectivity index (χ0) is 13.5. The molecule has 19 heavy (non-hydrogen) atoms. The lowest BCUT2D eigenvalue weighted by molar-refractivity contribution is 0.0617. The molecule has 0 aliphatic carbocycles. The first-order chi connectivity index (χ1) is 9.31. The third-order valence-electron chi connectivity index (χ3n) is 3.16. The fourth-order valence-corrected chi connectivity index (χ4v) is 2.18. The second-order valence-corrected chi connectivity index (χ2v) is 4.65. The SMILES string of the molecule is CCNC(C)c1cccn1COCc1ccccc1.